The van der Waals surface area contributed by atoms with Gasteiger partial charge in [-0.1, -0.05) is 58.2 Å². The Hall–Kier alpha value is -2.41. The summed E-state index contributed by atoms with van der Waals surface area (Å²) in [6.45, 7) is 11.7. The monoisotopic (exact) mass is 554 g/mol. The van der Waals surface area contributed by atoms with Gasteiger partial charge in [0.2, 0.25) is 17.7 Å². The summed E-state index contributed by atoms with van der Waals surface area (Å²) >= 11 is 0. The van der Waals surface area contributed by atoms with E-state index in [4.69, 9.17) is 0 Å². The summed E-state index contributed by atoms with van der Waals surface area (Å²) in [5.74, 6) is 0.481. The van der Waals surface area contributed by atoms with Gasteiger partial charge < -0.3 is 20.9 Å². The van der Waals surface area contributed by atoms with Gasteiger partial charge in [0.1, 0.15) is 12.1 Å². The highest BCUT2D eigenvalue weighted by atomic mass is 16.2. The SMILES string of the molecule is Cc1c2cccc1CC[C@@H](C)CN[C@@H](C1CCCCC1)C(=O)N(C)[C@H](C)C(=O)N[C@H](CC(C)C)C(=O)NCCC2. The van der Waals surface area contributed by atoms with Gasteiger partial charge in [-0.15, -0.1) is 0 Å². The first kappa shape index (κ1) is 32.1. The predicted molar refractivity (Wildman–Crippen MR) is 162 cm³/mol. The molecule has 3 rings (SSSR count). The van der Waals surface area contributed by atoms with Gasteiger partial charge in [0.05, 0.1) is 6.04 Å². The molecular weight excluding hydrogens is 500 g/mol. The maximum Gasteiger partial charge on any atom is 0.243 e. The van der Waals surface area contributed by atoms with Gasteiger partial charge in [0.15, 0.2) is 0 Å². The van der Waals surface area contributed by atoms with Crippen molar-refractivity contribution in [2.45, 2.75) is 117 Å². The molecule has 7 nitrogen and oxygen atoms in total. The maximum absolute atomic E-state index is 13.9. The van der Waals surface area contributed by atoms with Gasteiger partial charge in [-0.2, -0.15) is 0 Å². The largest absolute Gasteiger partial charge is 0.354 e. The average molecular weight is 555 g/mol. The maximum atomic E-state index is 13.9. The van der Waals surface area contributed by atoms with Crippen molar-refractivity contribution in [3.63, 3.8) is 0 Å². The van der Waals surface area contributed by atoms with Crippen molar-refractivity contribution >= 4 is 17.7 Å². The molecule has 0 spiro atoms. The summed E-state index contributed by atoms with van der Waals surface area (Å²) in [5, 5.41) is 9.68. The van der Waals surface area contributed by atoms with Crippen LogP contribution in [0.15, 0.2) is 18.2 Å². The zero-order valence-corrected chi connectivity index (χ0v) is 25.9. The van der Waals surface area contributed by atoms with Gasteiger partial charge in [-0.25, -0.2) is 0 Å². The molecule has 1 aromatic carbocycles. The molecule has 7 heteroatoms. The Kier molecular flexibility index (Phi) is 12.5. The third-order valence-corrected chi connectivity index (χ3v) is 9.11. The van der Waals surface area contributed by atoms with E-state index in [0.717, 1.165) is 57.9 Å². The van der Waals surface area contributed by atoms with E-state index >= 15 is 0 Å². The van der Waals surface area contributed by atoms with E-state index in [1.807, 2.05) is 13.8 Å². The lowest BCUT2D eigenvalue weighted by atomic mass is 9.83. The van der Waals surface area contributed by atoms with Crippen molar-refractivity contribution in [2.24, 2.45) is 17.8 Å². The molecular formula is C33H54N4O3. The highest BCUT2D eigenvalue weighted by Gasteiger charge is 2.35. The van der Waals surface area contributed by atoms with Crippen LogP contribution in [-0.4, -0.2) is 60.9 Å². The first-order chi connectivity index (χ1) is 19.1. The van der Waals surface area contributed by atoms with E-state index in [9.17, 15) is 14.4 Å². The van der Waals surface area contributed by atoms with E-state index in [2.05, 4.69) is 48.0 Å². The molecule has 1 aliphatic heterocycles. The fourth-order valence-corrected chi connectivity index (χ4v) is 6.23. The van der Waals surface area contributed by atoms with Gasteiger partial charge in [-0.05, 0) is 99.8 Å². The molecule has 1 heterocycles. The zero-order chi connectivity index (χ0) is 29.2. The van der Waals surface area contributed by atoms with Crippen LogP contribution < -0.4 is 16.0 Å². The van der Waals surface area contributed by atoms with Crippen molar-refractivity contribution in [1.82, 2.24) is 20.9 Å². The minimum Gasteiger partial charge on any atom is -0.354 e. The number of hydrogen-bond acceptors (Lipinski definition) is 4. The number of aryl methyl sites for hydroxylation is 2. The van der Waals surface area contributed by atoms with Crippen molar-refractivity contribution in [2.75, 3.05) is 20.1 Å². The van der Waals surface area contributed by atoms with E-state index in [-0.39, 0.29) is 35.6 Å². The van der Waals surface area contributed by atoms with Crippen LogP contribution in [0, 0.1) is 24.7 Å². The molecule has 224 valence electrons. The number of nitrogens with zero attached hydrogens (tertiary/aromatic N) is 1. The van der Waals surface area contributed by atoms with Crippen molar-refractivity contribution in [1.29, 1.82) is 0 Å². The molecule has 0 saturated heterocycles. The quantitative estimate of drug-likeness (QED) is 0.512. The number of benzene rings is 1. The third-order valence-electron chi connectivity index (χ3n) is 9.11. The molecule has 3 N–H and O–H groups in total. The normalized spacial score (nSPS) is 27.3. The van der Waals surface area contributed by atoms with E-state index < -0.39 is 12.1 Å². The second kappa shape index (κ2) is 15.6. The Morgan fingerprint density at radius 1 is 0.925 bits per heavy atom. The van der Waals surface area contributed by atoms with E-state index in [1.54, 1.807) is 18.9 Å². The van der Waals surface area contributed by atoms with Crippen molar-refractivity contribution < 1.29 is 14.4 Å². The second-order valence-corrected chi connectivity index (χ2v) is 12.8. The number of fused-ring (bicyclic) bond motifs is 2. The lowest BCUT2D eigenvalue weighted by molar-refractivity contribution is -0.142. The summed E-state index contributed by atoms with van der Waals surface area (Å²) in [6.07, 6.45) is 9.94. The number of carbonyl (C=O) groups excluding carboxylic acids is 3. The molecule has 1 fully saturated rings. The highest BCUT2D eigenvalue weighted by Crippen LogP contribution is 2.28. The lowest BCUT2D eigenvalue weighted by Gasteiger charge is -2.35. The molecule has 2 bridgehead atoms. The number of hydrogen-bond donors (Lipinski definition) is 3. The first-order valence-electron chi connectivity index (χ1n) is 15.7. The Morgan fingerprint density at radius 3 is 2.27 bits per heavy atom. The predicted octanol–water partition coefficient (Wildman–Crippen LogP) is 4.54. The van der Waals surface area contributed by atoms with Crippen LogP contribution in [0.1, 0.15) is 95.8 Å². The Bertz CT molecular complexity index is 988. The standard InChI is InChI=1S/C33H54N4O3/c1-22(2)20-29-32(39)34-19-11-16-26-14-10-15-27(24(26)4)18-17-23(3)21-35-30(28-12-8-7-9-13-28)33(40)37(6)25(5)31(38)36-29/h10,14-15,22-23,25,28-30,35H,7-9,11-13,16-21H2,1-6H3,(H,34,39)(H,36,38)/t23-,25-,29-,30+/m1/s1. The number of carbonyl (C=O) groups is 3. The summed E-state index contributed by atoms with van der Waals surface area (Å²) < 4.78 is 0. The minimum atomic E-state index is -0.668. The van der Waals surface area contributed by atoms with Crippen LogP contribution in [0.4, 0.5) is 0 Å². The fourth-order valence-electron chi connectivity index (χ4n) is 6.23. The Morgan fingerprint density at radius 2 is 1.60 bits per heavy atom. The molecule has 0 radical (unpaired) electrons. The van der Waals surface area contributed by atoms with Crippen molar-refractivity contribution in [3.05, 3.63) is 34.9 Å². The van der Waals surface area contributed by atoms with Crippen LogP contribution in [0.25, 0.3) is 0 Å². The van der Waals surface area contributed by atoms with Crippen LogP contribution in [0.3, 0.4) is 0 Å². The molecule has 2 aliphatic rings. The Labute approximate surface area is 242 Å². The zero-order valence-electron chi connectivity index (χ0n) is 25.9. The molecule has 0 aromatic heterocycles. The average Bonchev–Trinajstić information content (AvgIpc) is 2.93. The number of rotatable bonds is 3. The van der Waals surface area contributed by atoms with Crippen molar-refractivity contribution in [3.8, 4) is 0 Å². The smallest absolute Gasteiger partial charge is 0.243 e. The molecule has 40 heavy (non-hydrogen) atoms. The van der Waals surface area contributed by atoms with Gasteiger partial charge in [0, 0.05) is 13.6 Å². The lowest BCUT2D eigenvalue weighted by Crippen LogP contribution is -2.57. The topological polar surface area (TPSA) is 90.5 Å². The molecule has 4 atom stereocenters. The van der Waals surface area contributed by atoms with Crippen LogP contribution in [0.5, 0.6) is 0 Å². The summed E-state index contributed by atoms with van der Waals surface area (Å²) in [6, 6.07) is 4.98. The van der Waals surface area contributed by atoms with Gasteiger partial charge >= 0.3 is 0 Å². The van der Waals surface area contributed by atoms with E-state index in [0.29, 0.717) is 18.9 Å². The summed E-state index contributed by atoms with van der Waals surface area (Å²) in [5.41, 5.74) is 4.06. The van der Waals surface area contributed by atoms with Crippen LogP contribution in [0.2, 0.25) is 0 Å². The number of amides is 3. The summed E-state index contributed by atoms with van der Waals surface area (Å²) in [4.78, 5) is 42.0. The Balaban J connectivity index is 1.85. The van der Waals surface area contributed by atoms with Crippen LogP contribution >= 0.6 is 0 Å². The molecule has 3 amide bonds. The number of likely N-dealkylation sites (N-methyl/N-ethyl adjacent to an activating group) is 1. The highest BCUT2D eigenvalue weighted by molar-refractivity contribution is 5.92. The summed E-state index contributed by atoms with van der Waals surface area (Å²) in [7, 11) is 1.73. The minimum absolute atomic E-state index is 0.0236. The molecule has 1 aliphatic carbocycles. The van der Waals surface area contributed by atoms with Crippen LogP contribution in [-0.2, 0) is 27.2 Å². The second-order valence-electron chi connectivity index (χ2n) is 12.8. The fraction of sp³-hybridized carbons (Fsp3) is 0.727. The van der Waals surface area contributed by atoms with E-state index in [1.165, 1.54) is 23.1 Å². The molecule has 1 aromatic rings. The molecule has 0 unspecified atom stereocenters. The first-order valence-corrected chi connectivity index (χ1v) is 15.7. The van der Waals surface area contributed by atoms with Gasteiger partial charge in [-0.3, -0.25) is 14.4 Å². The van der Waals surface area contributed by atoms with Gasteiger partial charge in [0.25, 0.3) is 0 Å². The molecule has 1 saturated carbocycles. The number of nitrogens with one attached hydrogen (secondary N) is 3. The third kappa shape index (κ3) is 9.05.